The molecule has 0 saturated heterocycles. The summed E-state index contributed by atoms with van der Waals surface area (Å²) in [7, 11) is 3.32. The second-order valence-corrected chi connectivity index (χ2v) is 1.29. The maximum atomic E-state index is 9.96. The molecule has 0 aromatic heterocycles. The Labute approximate surface area is 86.0 Å². The van der Waals surface area contributed by atoms with E-state index in [0.29, 0.717) is 0 Å². The van der Waals surface area contributed by atoms with Crippen LogP contribution in [-0.2, 0) is 4.79 Å². The van der Waals surface area contributed by atoms with E-state index in [1.54, 1.807) is 14.1 Å². The second kappa shape index (κ2) is 7.89. The predicted molar refractivity (Wildman–Crippen MR) is 29.8 cm³/mol. The maximum absolute atomic E-state index is 9.96. The number of amides is 1. The zero-order valence-electron chi connectivity index (χ0n) is 5.15. The Morgan fingerprint density at radius 1 is 1.50 bits per heavy atom. The Bertz CT molecular complexity index is 67.1. The van der Waals surface area contributed by atoms with Crippen LogP contribution in [0.3, 0.4) is 0 Å². The van der Waals surface area contributed by atoms with Crippen molar-refractivity contribution in [3.63, 3.8) is 0 Å². The molecule has 0 aliphatic carbocycles. The van der Waals surface area contributed by atoms with Crippen molar-refractivity contribution in [3.8, 4) is 0 Å². The van der Waals surface area contributed by atoms with E-state index in [1.807, 2.05) is 0 Å². The number of hydrogen-bond donors (Lipinski definition) is 0. The predicted octanol–water partition coefficient (Wildman–Crippen LogP) is -3.47. The van der Waals surface area contributed by atoms with Gasteiger partial charge in [-0.1, -0.05) is 0 Å². The summed E-state index contributed by atoms with van der Waals surface area (Å²) in [4.78, 5) is 11.4. The van der Waals surface area contributed by atoms with Crippen molar-refractivity contribution in [2.24, 2.45) is 0 Å². The molecule has 0 heterocycles. The Morgan fingerprint density at radius 2 is 1.62 bits per heavy atom. The van der Waals surface area contributed by atoms with Gasteiger partial charge in [0.1, 0.15) is 0 Å². The Morgan fingerprint density at radius 3 is 1.62 bits per heavy atom. The fourth-order valence-electron chi connectivity index (χ4n) is 0. The Kier molecular flexibility index (Phi) is 15.7. The molecule has 0 spiro atoms. The van der Waals surface area contributed by atoms with E-state index in [9.17, 15) is 4.79 Å². The van der Waals surface area contributed by atoms with Crippen LogP contribution in [0.15, 0.2) is 0 Å². The summed E-state index contributed by atoms with van der Waals surface area (Å²) in [6.45, 7) is 3.12. The third-order valence-corrected chi connectivity index (χ3v) is 0.499. The molecule has 0 aliphatic heterocycles. The molecule has 0 unspecified atom stereocenters. The molecule has 0 rings (SSSR count). The first-order valence-electron chi connectivity index (χ1n) is 1.68. The van der Waals surface area contributed by atoms with Gasteiger partial charge in [-0.2, -0.15) is 0 Å². The molecule has 0 aromatic rings. The van der Waals surface area contributed by atoms with Crippen LogP contribution in [0.2, 0.25) is 0 Å². The normalized spacial score (nSPS) is 5.75. The minimum atomic E-state index is -0.157. The molecule has 44 valence electrons. The summed E-state index contributed by atoms with van der Waals surface area (Å²) in [5.41, 5.74) is 0. The number of halogens is 1. The fraction of sp³-hybridized carbons (Fsp3) is 0.500. The van der Waals surface area contributed by atoms with Gasteiger partial charge in [-0.3, -0.25) is 0 Å². The molecule has 0 atom stereocenters. The SMILES string of the molecule is [CH2-]C(=O)N(C)C.[Ca+2].[Cl-]. The minimum Gasteiger partial charge on any atom is -1.00 e. The quantitative estimate of drug-likeness (QED) is 0.267. The van der Waals surface area contributed by atoms with Gasteiger partial charge >= 0.3 is 37.7 Å². The number of carbonyl (C=O) groups is 1. The van der Waals surface area contributed by atoms with E-state index in [0.717, 1.165) is 0 Å². The average molecular weight is 162 g/mol. The van der Waals surface area contributed by atoms with E-state index >= 15 is 0 Å². The van der Waals surface area contributed by atoms with Gasteiger partial charge in [0.25, 0.3) is 0 Å². The zero-order chi connectivity index (χ0) is 5.15. The van der Waals surface area contributed by atoms with Crippen molar-refractivity contribution in [1.29, 1.82) is 0 Å². The molecule has 0 saturated carbocycles. The van der Waals surface area contributed by atoms with Crippen LogP contribution in [0, 0.1) is 6.92 Å². The summed E-state index contributed by atoms with van der Waals surface area (Å²) in [6.07, 6.45) is 0. The standard InChI is InChI=1S/C4H8NO.Ca.ClH/c1-4(6)5(2)3;;/h1H2,2-3H3;;1H/q-1;+2;/p-1. The minimum absolute atomic E-state index is 0. The third kappa shape index (κ3) is 10.00. The summed E-state index contributed by atoms with van der Waals surface area (Å²) >= 11 is 0. The molecule has 8 heavy (non-hydrogen) atoms. The van der Waals surface area contributed by atoms with Crippen LogP contribution in [0.4, 0.5) is 0 Å². The summed E-state index contributed by atoms with van der Waals surface area (Å²) in [5.74, 6) is -0.157. The van der Waals surface area contributed by atoms with Crippen LogP contribution in [-0.4, -0.2) is 62.6 Å². The van der Waals surface area contributed by atoms with E-state index in [2.05, 4.69) is 6.92 Å². The molecule has 2 nitrogen and oxygen atoms in total. The van der Waals surface area contributed by atoms with Crippen LogP contribution in [0.25, 0.3) is 0 Å². The molecular weight excluding hydrogens is 154 g/mol. The first-order chi connectivity index (χ1) is 2.64. The second-order valence-electron chi connectivity index (χ2n) is 1.29. The van der Waals surface area contributed by atoms with Crippen LogP contribution in [0.5, 0.6) is 0 Å². The van der Waals surface area contributed by atoms with Crippen molar-refractivity contribution >= 4 is 43.6 Å². The smallest absolute Gasteiger partial charge is 1.00 e. The van der Waals surface area contributed by atoms with Crippen LogP contribution < -0.4 is 12.4 Å². The molecule has 0 fully saturated rings. The monoisotopic (exact) mass is 161 g/mol. The van der Waals surface area contributed by atoms with E-state index < -0.39 is 0 Å². The Hall–Kier alpha value is 0.890. The molecule has 0 aliphatic rings. The number of rotatable bonds is 0. The van der Waals surface area contributed by atoms with Crippen LogP contribution in [0.1, 0.15) is 0 Å². The molecule has 0 radical (unpaired) electrons. The summed E-state index contributed by atoms with van der Waals surface area (Å²) in [6, 6.07) is 0. The van der Waals surface area contributed by atoms with Gasteiger partial charge in [-0.05, 0) is 0 Å². The van der Waals surface area contributed by atoms with E-state index in [-0.39, 0.29) is 56.1 Å². The van der Waals surface area contributed by atoms with Crippen molar-refractivity contribution in [3.05, 3.63) is 6.92 Å². The van der Waals surface area contributed by atoms with E-state index in [4.69, 9.17) is 0 Å². The number of nitrogens with zero attached hydrogens (tertiary/aromatic N) is 1. The summed E-state index contributed by atoms with van der Waals surface area (Å²) in [5, 5.41) is 0. The topological polar surface area (TPSA) is 20.3 Å². The number of carbonyl (C=O) groups excluding carboxylic acids is 1. The average Bonchev–Trinajstić information content (AvgIpc) is 1.36. The third-order valence-electron chi connectivity index (χ3n) is 0.499. The van der Waals surface area contributed by atoms with Gasteiger partial charge < -0.3 is 29.0 Å². The Balaban J connectivity index is -0.000000125. The van der Waals surface area contributed by atoms with Gasteiger partial charge in [0.2, 0.25) is 0 Å². The molecule has 0 aromatic carbocycles. The van der Waals surface area contributed by atoms with Crippen LogP contribution >= 0.6 is 0 Å². The van der Waals surface area contributed by atoms with Crippen molar-refractivity contribution in [2.75, 3.05) is 14.1 Å². The molecular formula is C4H8CaClNO. The van der Waals surface area contributed by atoms with Gasteiger partial charge in [0.15, 0.2) is 0 Å². The molecule has 0 N–H and O–H groups in total. The molecule has 1 amide bonds. The van der Waals surface area contributed by atoms with Crippen molar-refractivity contribution in [2.45, 2.75) is 0 Å². The maximum Gasteiger partial charge on any atom is 2.00 e. The first kappa shape index (κ1) is 16.0. The fourth-order valence-corrected chi connectivity index (χ4v) is 0. The first-order valence-corrected chi connectivity index (χ1v) is 1.68. The van der Waals surface area contributed by atoms with E-state index in [1.165, 1.54) is 4.90 Å². The largest absolute Gasteiger partial charge is 2.00 e. The summed E-state index contributed by atoms with van der Waals surface area (Å²) < 4.78 is 0. The van der Waals surface area contributed by atoms with Gasteiger partial charge in [-0.15, -0.1) is 0 Å². The molecule has 0 bridgehead atoms. The van der Waals surface area contributed by atoms with Gasteiger partial charge in [-0.25, -0.2) is 0 Å². The zero-order valence-corrected chi connectivity index (χ0v) is 8.11. The van der Waals surface area contributed by atoms with Gasteiger partial charge in [0.05, 0.1) is 5.91 Å². The number of hydrogen-bond acceptors (Lipinski definition) is 1. The van der Waals surface area contributed by atoms with Crippen molar-refractivity contribution < 1.29 is 17.2 Å². The van der Waals surface area contributed by atoms with Crippen molar-refractivity contribution in [1.82, 2.24) is 4.90 Å². The van der Waals surface area contributed by atoms with Gasteiger partial charge in [0, 0.05) is 14.1 Å². The molecule has 4 heteroatoms.